The number of aliphatic hydroxyl groups excluding tert-OH is 1. The highest BCUT2D eigenvalue weighted by Crippen LogP contribution is 2.38. The number of unbranched alkanes of at least 4 members (excludes halogenated alkanes) is 5. The second kappa shape index (κ2) is 9.94. The lowest BCUT2D eigenvalue weighted by Crippen LogP contribution is -1.99. The van der Waals surface area contributed by atoms with Gasteiger partial charge in [0.05, 0.1) is 11.7 Å². The van der Waals surface area contributed by atoms with Gasteiger partial charge in [0.15, 0.2) is 0 Å². The molecule has 0 amide bonds. The van der Waals surface area contributed by atoms with E-state index in [1.54, 1.807) is 0 Å². The molecule has 0 radical (unpaired) electrons. The van der Waals surface area contributed by atoms with Crippen LogP contribution in [0.5, 0.6) is 17.2 Å². The predicted molar refractivity (Wildman–Crippen MR) is 98.9 cm³/mol. The van der Waals surface area contributed by atoms with Crippen molar-refractivity contribution >= 4 is 0 Å². The lowest BCUT2D eigenvalue weighted by molar-refractivity contribution is 0.156. The van der Waals surface area contributed by atoms with Crippen LogP contribution in [0.25, 0.3) is 0 Å². The van der Waals surface area contributed by atoms with E-state index in [0.29, 0.717) is 6.42 Å². The van der Waals surface area contributed by atoms with Gasteiger partial charge in [-0.15, -0.1) is 0 Å². The van der Waals surface area contributed by atoms with Crippen LogP contribution < -0.4 is 0 Å². The Morgan fingerprint density at radius 3 is 1.92 bits per heavy atom. The van der Waals surface area contributed by atoms with Gasteiger partial charge in [-0.2, -0.15) is 0 Å². The minimum absolute atomic E-state index is 0.0978. The normalized spacial score (nSPS) is 12.2. The van der Waals surface area contributed by atoms with Crippen molar-refractivity contribution in [1.29, 1.82) is 0 Å². The number of hydrogen-bond donors (Lipinski definition) is 4. The van der Waals surface area contributed by atoms with Gasteiger partial charge in [0.25, 0.3) is 0 Å². The van der Waals surface area contributed by atoms with Gasteiger partial charge in [-0.1, -0.05) is 62.4 Å². The maximum absolute atomic E-state index is 10.1. The van der Waals surface area contributed by atoms with E-state index in [-0.39, 0.29) is 22.8 Å². The summed E-state index contributed by atoms with van der Waals surface area (Å²) in [6.07, 6.45) is 7.24. The fourth-order valence-corrected chi connectivity index (χ4v) is 3.11. The number of aryl methyl sites for hydroxylation is 1. The van der Waals surface area contributed by atoms with Crippen molar-refractivity contribution in [2.75, 3.05) is 0 Å². The van der Waals surface area contributed by atoms with E-state index in [9.17, 15) is 20.4 Å². The molecule has 0 saturated heterocycles. The van der Waals surface area contributed by atoms with Gasteiger partial charge in [0.2, 0.25) is 0 Å². The first-order chi connectivity index (χ1) is 12.1. The molecule has 1 atom stereocenters. The first kappa shape index (κ1) is 19.1. The molecule has 136 valence electrons. The molecule has 4 N–H and O–H groups in total. The van der Waals surface area contributed by atoms with E-state index in [0.717, 1.165) is 37.8 Å². The largest absolute Gasteiger partial charge is 0.508 e. The first-order valence-corrected chi connectivity index (χ1v) is 9.04. The van der Waals surface area contributed by atoms with Gasteiger partial charge in [-0.3, -0.25) is 0 Å². The van der Waals surface area contributed by atoms with Crippen molar-refractivity contribution < 1.29 is 20.4 Å². The molecule has 0 saturated carbocycles. The number of hydrogen-bond acceptors (Lipinski definition) is 4. The van der Waals surface area contributed by atoms with Gasteiger partial charge in [0, 0.05) is 12.1 Å². The number of phenolic OH excluding ortho intramolecular Hbond substituents is 3. The van der Waals surface area contributed by atoms with Crippen LogP contribution in [-0.2, 0) is 6.42 Å². The summed E-state index contributed by atoms with van der Waals surface area (Å²) in [5, 5.41) is 38.9. The van der Waals surface area contributed by atoms with Gasteiger partial charge in [-0.05, 0) is 24.8 Å². The second-order valence-electron chi connectivity index (χ2n) is 6.56. The molecule has 25 heavy (non-hydrogen) atoms. The quantitative estimate of drug-likeness (QED) is 0.466. The van der Waals surface area contributed by atoms with Crippen molar-refractivity contribution in [1.82, 2.24) is 0 Å². The Balaban J connectivity index is 1.58. The third-order valence-corrected chi connectivity index (χ3v) is 4.49. The first-order valence-electron chi connectivity index (χ1n) is 9.04. The topological polar surface area (TPSA) is 80.9 Å². The number of benzene rings is 2. The molecular weight excluding hydrogens is 316 g/mol. The van der Waals surface area contributed by atoms with Crippen molar-refractivity contribution in [2.45, 2.75) is 57.5 Å². The Hall–Kier alpha value is -2.20. The van der Waals surface area contributed by atoms with E-state index in [1.165, 1.54) is 24.8 Å². The van der Waals surface area contributed by atoms with E-state index < -0.39 is 6.10 Å². The third kappa shape index (κ3) is 6.31. The molecule has 4 nitrogen and oxygen atoms in total. The number of rotatable bonds is 10. The average Bonchev–Trinajstić information content (AvgIpc) is 2.57. The SMILES string of the molecule is Oc1cc(O)c([C@H](O)CCCCCCCCc2ccccc2)c(O)c1. The lowest BCUT2D eigenvalue weighted by atomic mass is 9.99. The van der Waals surface area contributed by atoms with Crippen LogP contribution in [0.4, 0.5) is 0 Å². The molecule has 0 bridgehead atoms. The molecule has 2 aromatic carbocycles. The third-order valence-electron chi connectivity index (χ3n) is 4.49. The maximum Gasteiger partial charge on any atom is 0.128 e. The van der Waals surface area contributed by atoms with E-state index in [4.69, 9.17) is 0 Å². The Morgan fingerprint density at radius 1 is 0.720 bits per heavy atom. The highest BCUT2D eigenvalue weighted by molar-refractivity contribution is 5.49. The van der Waals surface area contributed by atoms with Crippen LogP contribution in [0.1, 0.15) is 62.2 Å². The summed E-state index contributed by atoms with van der Waals surface area (Å²) in [6.45, 7) is 0. The minimum atomic E-state index is -0.918. The van der Waals surface area contributed by atoms with Crippen molar-refractivity contribution in [2.24, 2.45) is 0 Å². The zero-order valence-electron chi connectivity index (χ0n) is 14.6. The fraction of sp³-hybridized carbons (Fsp3) is 0.429. The molecule has 0 aromatic heterocycles. The molecule has 0 aliphatic carbocycles. The van der Waals surface area contributed by atoms with Gasteiger partial charge >= 0.3 is 0 Å². The summed E-state index contributed by atoms with van der Waals surface area (Å²) in [7, 11) is 0. The molecule has 0 fully saturated rings. The van der Waals surface area contributed by atoms with Gasteiger partial charge < -0.3 is 20.4 Å². The monoisotopic (exact) mass is 344 g/mol. The highest BCUT2D eigenvalue weighted by atomic mass is 16.3. The molecule has 0 aliphatic rings. The average molecular weight is 344 g/mol. The van der Waals surface area contributed by atoms with Crippen LogP contribution in [0.2, 0.25) is 0 Å². The van der Waals surface area contributed by atoms with Crippen LogP contribution >= 0.6 is 0 Å². The van der Waals surface area contributed by atoms with Gasteiger partial charge in [-0.25, -0.2) is 0 Å². The molecule has 4 heteroatoms. The van der Waals surface area contributed by atoms with Crippen molar-refractivity contribution in [3.05, 3.63) is 53.6 Å². The Labute approximate surface area is 149 Å². The zero-order valence-corrected chi connectivity index (χ0v) is 14.6. The van der Waals surface area contributed by atoms with Crippen LogP contribution in [-0.4, -0.2) is 20.4 Å². The standard InChI is InChI=1S/C21H28O4/c22-17-14-19(24)21(20(25)15-17)18(23)13-9-4-2-1-3-6-10-16-11-7-5-8-12-16/h5,7-8,11-12,14-15,18,22-25H,1-4,6,9-10,13H2/t18-/m1/s1. The Kier molecular flexibility index (Phi) is 7.61. The number of phenols is 3. The maximum atomic E-state index is 10.1. The van der Waals surface area contributed by atoms with Gasteiger partial charge in [0.1, 0.15) is 17.2 Å². The molecule has 2 aromatic rings. The summed E-state index contributed by atoms with van der Waals surface area (Å²) in [4.78, 5) is 0. The van der Waals surface area contributed by atoms with Crippen LogP contribution in [0, 0.1) is 0 Å². The molecule has 0 spiro atoms. The van der Waals surface area contributed by atoms with E-state index >= 15 is 0 Å². The fourth-order valence-electron chi connectivity index (χ4n) is 3.11. The molecule has 2 rings (SSSR count). The minimum Gasteiger partial charge on any atom is -0.508 e. The van der Waals surface area contributed by atoms with E-state index in [1.807, 2.05) is 6.07 Å². The van der Waals surface area contributed by atoms with Crippen molar-refractivity contribution in [3.8, 4) is 17.2 Å². The summed E-state index contributed by atoms with van der Waals surface area (Å²) in [6, 6.07) is 12.8. The summed E-state index contributed by atoms with van der Waals surface area (Å²) < 4.78 is 0. The van der Waals surface area contributed by atoms with E-state index in [2.05, 4.69) is 24.3 Å². The molecule has 0 aliphatic heterocycles. The highest BCUT2D eigenvalue weighted by Gasteiger charge is 2.17. The molecule has 0 heterocycles. The lowest BCUT2D eigenvalue weighted by Gasteiger charge is -2.14. The van der Waals surface area contributed by atoms with Crippen LogP contribution in [0.3, 0.4) is 0 Å². The Bertz CT molecular complexity index is 617. The predicted octanol–water partition coefficient (Wildman–Crippen LogP) is 4.81. The molecule has 0 unspecified atom stereocenters. The zero-order chi connectivity index (χ0) is 18.1. The molecular formula is C21H28O4. The smallest absolute Gasteiger partial charge is 0.128 e. The number of aromatic hydroxyl groups is 3. The summed E-state index contributed by atoms with van der Waals surface area (Å²) >= 11 is 0. The number of aliphatic hydroxyl groups is 1. The van der Waals surface area contributed by atoms with Crippen LogP contribution in [0.15, 0.2) is 42.5 Å². The second-order valence-corrected chi connectivity index (χ2v) is 6.56. The van der Waals surface area contributed by atoms with Crippen molar-refractivity contribution in [3.63, 3.8) is 0 Å². The summed E-state index contributed by atoms with van der Waals surface area (Å²) in [5.74, 6) is -0.765. The summed E-state index contributed by atoms with van der Waals surface area (Å²) in [5.41, 5.74) is 1.49. The Morgan fingerprint density at radius 2 is 1.28 bits per heavy atom.